The van der Waals surface area contributed by atoms with Crippen molar-refractivity contribution >= 4 is 47.8 Å². The molecule has 0 aliphatic carbocycles. The van der Waals surface area contributed by atoms with Gasteiger partial charge in [-0.05, 0) is 48.5 Å². The third-order valence-electron chi connectivity index (χ3n) is 11.4. The Kier molecular flexibility index (Phi) is 10.5. The number of aromatic nitrogens is 6. The fraction of sp³-hybridized carbons (Fsp3) is 0.310. The van der Waals surface area contributed by atoms with Crippen molar-refractivity contribution in [3.63, 3.8) is 0 Å². The number of carbonyl (C=O) groups excluding carboxylic acids is 1. The minimum Gasteiger partial charge on any atom is -0.474 e. The van der Waals surface area contributed by atoms with E-state index in [-0.39, 0.29) is 51.6 Å². The quantitative estimate of drug-likeness (QED) is 0.195. The summed E-state index contributed by atoms with van der Waals surface area (Å²) in [5.74, 6) is -0.502. The fourth-order valence-electron chi connectivity index (χ4n) is 8.46. The average Bonchev–Trinajstić information content (AvgIpc) is 4.01. The van der Waals surface area contributed by atoms with Gasteiger partial charge in [-0.25, -0.2) is 50.3 Å². The summed E-state index contributed by atoms with van der Waals surface area (Å²) in [5.41, 5.74) is 1.30. The highest BCUT2D eigenvalue weighted by molar-refractivity contribution is 7.91. The van der Waals surface area contributed by atoms with Gasteiger partial charge in [0.15, 0.2) is 31.0 Å². The standard InChI is InChI=1S/C22H21FN4O5S.C20H19FN4O3S/c1-31-22(28)27-13-3-4-14(27)10-15(9-13)32-21-17-7-8-26(20(17)24-12-25-21)19-6-5-16(11-18(19)23)33(2,29)30;1-29(26,27)15-4-5-18(17(21)10-15)25-7-6-16-19(25)22-11-23-20(16)28-14-8-12-2-3-13(9-14)24-12/h3-8,11-15H,9-10H2,1-2H3;2-7,10-14,24H,8-9H2,1H3. The van der Waals surface area contributed by atoms with Gasteiger partial charge in [-0.1, -0.05) is 24.3 Å². The molecule has 2 aromatic carbocycles. The van der Waals surface area contributed by atoms with Crippen LogP contribution in [-0.4, -0.2) is 113 Å². The first-order chi connectivity index (χ1) is 29.6. The lowest BCUT2D eigenvalue weighted by atomic mass is 9.99. The molecule has 4 atom stereocenters. The van der Waals surface area contributed by atoms with E-state index in [0.717, 1.165) is 37.5 Å². The van der Waals surface area contributed by atoms with Crippen LogP contribution >= 0.6 is 0 Å². The highest BCUT2D eigenvalue weighted by Crippen LogP contribution is 2.36. The largest absolute Gasteiger partial charge is 0.474 e. The first kappa shape index (κ1) is 41.1. The Balaban J connectivity index is 0.000000159. The van der Waals surface area contributed by atoms with Crippen LogP contribution in [0.2, 0.25) is 0 Å². The summed E-state index contributed by atoms with van der Waals surface area (Å²) in [5, 5.41) is 4.75. The number of amides is 1. The van der Waals surface area contributed by atoms with E-state index in [4.69, 9.17) is 14.2 Å². The maximum Gasteiger partial charge on any atom is 0.410 e. The molecule has 8 heterocycles. The van der Waals surface area contributed by atoms with Crippen LogP contribution in [0.5, 0.6) is 11.8 Å². The molecule has 1 N–H and O–H groups in total. The monoisotopic (exact) mass is 886 g/mol. The van der Waals surface area contributed by atoms with Crippen molar-refractivity contribution in [1.82, 2.24) is 39.3 Å². The van der Waals surface area contributed by atoms with E-state index in [2.05, 4.69) is 37.4 Å². The molecule has 1 amide bonds. The Morgan fingerprint density at radius 2 is 1.11 bits per heavy atom. The second kappa shape index (κ2) is 15.9. The lowest BCUT2D eigenvalue weighted by Gasteiger charge is -2.37. The van der Waals surface area contributed by atoms with Crippen LogP contribution in [0.1, 0.15) is 25.7 Å². The van der Waals surface area contributed by atoms with Crippen LogP contribution < -0.4 is 14.8 Å². The van der Waals surface area contributed by atoms with E-state index in [1.165, 1.54) is 48.6 Å². The summed E-state index contributed by atoms with van der Waals surface area (Å²) < 4.78 is 96.5. The van der Waals surface area contributed by atoms with Gasteiger partial charge in [0.1, 0.15) is 36.5 Å². The van der Waals surface area contributed by atoms with Gasteiger partial charge in [0, 0.05) is 62.7 Å². The number of hydrogen-bond acceptors (Lipinski definition) is 13. The molecule has 16 nitrogen and oxygen atoms in total. The van der Waals surface area contributed by atoms with Gasteiger partial charge in [-0.15, -0.1) is 0 Å². The van der Waals surface area contributed by atoms with E-state index in [1.54, 1.807) is 34.0 Å². The maximum absolute atomic E-state index is 14.8. The zero-order valence-electron chi connectivity index (χ0n) is 33.5. The van der Waals surface area contributed by atoms with Crippen LogP contribution in [0.25, 0.3) is 33.4 Å². The number of benzene rings is 2. The lowest BCUT2D eigenvalue weighted by Crippen LogP contribution is -2.49. The Morgan fingerprint density at radius 3 is 1.53 bits per heavy atom. The number of nitrogens with one attached hydrogen (secondary N) is 1. The van der Waals surface area contributed by atoms with Crippen LogP contribution in [0.15, 0.2) is 108 Å². The van der Waals surface area contributed by atoms with E-state index in [1.807, 2.05) is 12.2 Å². The minimum absolute atomic E-state index is 0.0356. The normalized spacial score (nSPS) is 22.8. The average molecular weight is 887 g/mol. The van der Waals surface area contributed by atoms with Gasteiger partial charge in [-0.3, -0.25) is 14.0 Å². The van der Waals surface area contributed by atoms with Gasteiger partial charge in [-0.2, -0.15) is 0 Å². The fourth-order valence-corrected chi connectivity index (χ4v) is 9.73. The van der Waals surface area contributed by atoms with Crippen LogP contribution in [0.3, 0.4) is 0 Å². The number of rotatable bonds is 8. The molecule has 4 aliphatic rings. The molecule has 4 unspecified atom stereocenters. The third kappa shape index (κ3) is 7.88. The molecule has 0 saturated carbocycles. The summed E-state index contributed by atoms with van der Waals surface area (Å²) in [6.07, 6.45) is 18.8. The number of ether oxygens (including phenoxy) is 3. The van der Waals surface area contributed by atoms with Gasteiger partial charge in [0.05, 0.1) is 51.1 Å². The first-order valence-electron chi connectivity index (χ1n) is 19.6. The number of halogens is 2. The van der Waals surface area contributed by atoms with Crippen LogP contribution in [0.4, 0.5) is 13.6 Å². The molecule has 4 aliphatic heterocycles. The molecule has 20 heteroatoms. The van der Waals surface area contributed by atoms with Crippen LogP contribution in [0, 0.1) is 11.6 Å². The molecular weight excluding hydrogens is 847 g/mol. The zero-order chi connectivity index (χ0) is 43.5. The number of hydrogen-bond donors (Lipinski definition) is 1. The Hall–Kier alpha value is -6.25. The summed E-state index contributed by atoms with van der Waals surface area (Å²) in [6, 6.07) is 11.5. The van der Waals surface area contributed by atoms with Gasteiger partial charge in [0.2, 0.25) is 11.8 Å². The van der Waals surface area contributed by atoms with Crippen molar-refractivity contribution in [2.45, 2.75) is 71.8 Å². The SMILES string of the molecule is COC(=O)N1C2C=CC1CC(Oc1ncnc3c1ccn3-c1ccc(S(C)(=O)=O)cc1F)C2.CS(=O)(=O)c1ccc(-n2ccc3c(OC4CC5C=CC(C4)N5)ncnc32)c(F)c1. The van der Waals surface area contributed by atoms with E-state index < -0.39 is 31.3 Å². The maximum atomic E-state index is 14.8. The Bertz CT molecular complexity index is 3000. The van der Waals surface area contributed by atoms with Crippen molar-refractivity contribution in [3.05, 3.63) is 110 Å². The van der Waals surface area contributed by atoms with Crippen molar-refractivity contribution in [3.8, 4) is 23.1 Å². The highest BCUT2D eigenvalue weighted by Gasteiger charge is 2.42. The summed E-state index contributed by atoms with van der Waals surface area (Å²) >= 11 is 0. The molecule has 4 aromatic heterocycles. The van der Waals surface area contributed by atoms with Crippen molar-refractivity contribution < 1.29 is 44.6 Å². The van der Waals surface area contributed by atoms with E-state index in [0.29, 0.717) is 58.8 Å². The third-order valence-corrected chi connectivity index (χ3v) is 13.6. The van der Waals surface area contributed by atoms with Crippen molar-refractivity contribution in [2.24, 2.45) is 0 Å². The highest BCUT2D eigenvalue weighted by atomic mass is 32.2. The summed E-state index contributed by atoms with van der Waals surface area (Å²) in [6.45, 7) is 0. The smallest absolute Gasteiger partial charge is 0.410 e. The van der Waals surface area contributed by atoms with Gasteiger partial charge >= 0.3 is 6.09 Å². The molecule has 6 aromatic rings. The van der Waals surface area contributed by atoms with E-state index >= 15 is 0 Å². The Labute approximate surface area is 354 Å². The van der Waals surface area contributed by atoms with E-state index in [9.17, 15) is 30.4 Å². The predicted molar refractivity (Wildman–Crippen MR) is 222 cm³/mol. The number of piperidine rings is 2. The number of fused-ring (bicyclic) bond motifs is 6. The first-order valence-corrected chi connectivity index (χ1v) is 23.4. The van der Waals surface area contributed by atoms with Crippen molar-refractivity contribution in [2.75, 3.05) is 19.6 Å². The summed E-state index contributed by atoms with van der Waals surface area (Å²) in [7, 11) is -5.64. The number of nitrogens with zero attached hydrogens (tertiary/aromatic N) is 7. The molecule has 62 heavy (non-hydrogen) atoms. The van der Waals surface area contributed by atoms with Gasteiger partial charge < -0.3 is 19.5 Å². The van der Waals surface area contributed by atoms with Crippen LogP contribution in [-0.2, 0) is 24.4 Å². The molecule has 322 valence electrons. The number of methoxy groups -OCH3 is 1. The second-order valence-corrected chi connectivity index (χ2v) is 19.6. The van der Waals surface area contributed by atoms with Crippen molar-refractivity contribution in [1.29, 1.82) is 0 Å². The summed E-state index contributed by atoms with van der Waals surface area (Å²) in [4.78, 5) is 30.7. The molecule has 4 bridgehead atoms. The molecule has 0 spiro atoms. The topological polar surface area (TPSA) is 190 Å². The number of sulfone groups is 2. The molecule has 0 radical (unpaired) electrons. The Morgan fingerprint density at radius 1 is 0.661 bits per heavy atom. The molecule has 2 fully saturated rings. The predicted octanol–water partition coefficient (Wildman–Crippen LogP) is 5.28. The second-order valence-electron chi connectivity index (χ2n) is 15.6. The molecular formula is C42H40F2N8O8S2. The number of carbonyl (C=O) groups is 1. The minimum atomic E-state index is -3.52. The van der Waals surface area contributed by atoms with Gasteiger partial charge in [0.25, 0.3) is 0 Å². The molecule has 2 saturated heterocycles. The lowest BCUT2D eigenvalue weighted by molar-refractivity contribution is 0.0476. The zero-order valence-corrected chi connectivity index (χ0v) is 35.1. The molecule has 10 rings (SSSR count).